The lowest BCUT2D eigenvalue weighted by Crippen LogP contribution is -2.25. The molecule has 0 spiro atoms. The minimum Gasteiger partial charge on any atom is -0.497 e. The van der Waals surface area contributed by atoms with Gasteiger partial charge in [0.1, 0.15) is 11.6 Å². The van der Waals surface area contributed by atoms with Gasteiger partial charge in [0.15, 0.2) is 11.0 Å². The number of nitrogens with zero attached hydrogens (tertiary/aromatic N) is 3. The Kier molecular flexibility index (Phi) is 7.74. The zero-order chi connectivity index (χ0) is 24.6. The lowest BCUT2D eigenvalue weighted by atomic mass is 10.2. The lowest BCUT2D eigenvalue weighted by molar-refractivity contribution is -0.113. The smallest absolute Gasteiger partial charge is 0.254 e. The average Bonchev–Trinajstić information content (AvgIpc) is 3.30. The van der Waals surface area contributed by atoms with Crippen LogP contribution in [0.5, 0.6) is 5.75 Å². The van der Waals surface area contributed by atoms with E-state index in [1.54, 1.807) is 42.0 Å². The molecule has 0 bridgehead atoms. The topological polar surface area (TPSA) is 98.1 Å². The van der Waals surface area contributed by atoms with Gasteiger partial charge < -0.3 is 15.4 Å². The minimum absolute atomic E-state index is 0.0215. The van der Waals surface area contributed by atoms with Crippen LogP contribution in [0.15, 0.2) is 84.0 Å². The molecule has 0 fully saturated rings. The maximum Gasteiger partial charge on any atom is 0.254 e. The van der Waals surface area contributed by atoms with Crippen molar-refractivity contribution in [3.05, 3.63) is 96.1 Å². The first-order chi connectivity index (χ1) is 17.0. The Morgan fingerprint density at radius 2 is 1.69 bits per heavy atom. The van der Waals surface area contributed by atoms with Crippen LogP contribution in [-0.2, 0) is 11.3 Å². The molecule has 4 aromatic rings. The number of methoxy groups -OCH3 is 1. The van der Waals surface area contributed by atoms with E-state index in [-0.39, 0.29) is 23.8 Å². The largest absolute Gasteiger partial charge is 0.497 e. The summed E-state index contributed by atoms with van der Waals surface area (Å²) in [4.78, 5) is 24.9. The summed E-state index contributed by atoms with van der Waals surface area (Å²) >= 11 is 1.21. The van der Waals surface area contributed by atoms with Gasteiger partial charge in [0.05, 0.1) is 25.0 Å². The number of hydrogen-bond donors (Lipinski definition) is 2. The average molecular weight is 492 g/mol. The van der Waals surface area contributed by atoms with Crippen LogP contribution in [0.2, 0.25) is 0 Å². The summed E-state index contributed by atoms with van der Waals surface area (Å²) in [6.07, 6.45) is 0. The van der Waals surface area contributed by atoms with Crippen LogP contribution in [0, 0.1) is 5.82 Å². The highest BCUT2D eigenvalue weighted by molar-refractivity contribution is 7.99. The van der Waals surface area contributed by atoms with E-state index in [0.29, 0.717) is 22.4 Å². The molecule has 4 rings (SSSR count). The van der Waals surface area contributed by atoms with Gasteiger partial charge in [-0.1, -0.05) is 42.1 Å². The molecule has 0 unspecified atom stereocenters. The molecule has 0 aliphatic carbocycles. The standard InChI is InChI=1S/C25H22FN5O3S/c1-34-19-13-11-17(12-14-19)28-23(32)16-35-25-30-29-22(31(25)18-7-3-2-4-8-18)15-27-24(33)20-9-5-6-10-21(20)26/h2-14H,15-16H2,1H3,(H,27,33)(H,28,32). The lowest BCUT2D eigenvalue weighted by Gasteiger charge is -2.11. The van der Waals surface area contributed by atoms with Gasteiger partial charge in [0.2, 0.25) is 5.91 Å². The molecular formula is C25H22FN5O3S. The van der Waals surface area contributed by atoms with Gasteiger partial charge in [-0.25, -0.2) is 4.39 Å². The van der Waals surface area contributed by atoms with Gasteiger partial charge >= 0.3 is 0 Å². The first-order valence-electron chi connectivity index (χ1n) is 10.6. The number of amides is 2. The van der Waals surface area contributed by atoms with E-state index in [9.17, 15) is 14.0 Å². The Bertz CT molecular complexity index is 1310. The zero-order valence-corrected chi connectivity index (χ0v) is 19.6. The van der Waals surface area contributed by atoms with Gasteiger partial charge in [0.25, 0.3) is 5.91 Å². The molecule has 0 saturated carbocycles. The summed E-state index contributed by atoms with van der Waals surface area (Å²) in [6, 6.07) is 22.1. The summed E-state index contributed by atoms with van der Waals surface area (Å²) in [7, 11) is 1.58. The van der Waals surface area contributed by atoms with Crippen molar-refractivity contribution < 1.29 is 18.7 Å². The summed E-state index contributed by atoms with van der Waals surface area (Å²) < 4.78 is 20.8. The normalized spacial score (nSPS) is 10.6. The Morgan fingerprint density at radius 3 is 2.40 bits per heavy atom. The highest BCUT2D eigenvalue weighted by Gasteiger charge is 2.18. The van der Waals surface area contributed by atoms with Crippen molar-refractivity contribution in [1.29, 1.82) is 0 Å². The predicted octanol–water partition coefficient (Wildman–Crippen LogP) is 4.08. The molecule has 35 heavy (non-hydrogen) atoms. The van der Waals surface area contributed by atoms with Crippen LogP contribution in [0.4, 0.5) is 10.1 Å². The number of halogens is 1. The Labute approximate surface area is 205 Å². The Hall–Kier alpha value is -4.18. The summed E-state index contributed by atoms with van der Waals surface area (Å²) in [5.74, 6) is -0.134. The van der Waals surface area contributed by atoms with Crippen molar-refractivity contribution in [1.82, 2.24) is 20.1 Å². The number of nitrogens with one attached hydrogen (secondary N) is 2. The number of rotatable bonds is 9. The third-order valence-corrected chi connectivity index (χ3v) is 5.88. The Balaban J connectivity index is 1.47. The number of carbonyl (C=O) groups excluding carboxylic acids is 2. The second kappa shape index (κ2) is 11.3. The van der Waals surface area contributed by atoms with E-state index in [2.05, 4.69) is 20.8 Å². The van der Waals surface area contributed by atoms with Crippen molar-refractivity contribution in [2.75, 3.05) is 18.2 Å². The van der Waals surface area contributed by atoms with Gasteiger partial charge in [-0.3, -0.25) is 14.2 Å². The van der Waals surface area contributed by atoms with Crippen molar-refractivity contribution in [2.24, 2.45) is 0 Å². The van der Waals surface area contributed by atoms with Crippen molar-refractivity contribution >= 4 is 29.3 Å². The quantitative estimate of drug-likeness (QED) is 0.343. The molecule has 0 radical (unpaired) electrons. The van der Waals surface area contributed by atoms with E-state index >= 15 is 0 Å². The molecular weight excluding hydrogens is 469 g/mol. The van der Waals surface area contributed by atoms with Crippen LogP contribution < -0.4 is 15.4 Å². The molecule has 2 amide bonds. The van der Waals surface area contributed by atoms with Crippen molar-refractivity contribution in [3.8, 4) is 11.4 Å². The second-order valence-corrected chi connectivity index (χ2v) is 8.24. The molecule has 0 saturated heterocycles. The fraction of sp³-hybridized carbons (Fsp3) is 0.120. The van der Waals surface area contributed by atoms with Crippen LogP contribution in [-0.4, -0.2) is 39.4 Å². The van der Waals surface area contributed by atoms with Crippen LogP contribution in [0.25, 0.3) is 5.69 Å². The first-order valence-corrected chi connectivity index (χ1v) is 11.6. The fourth-order valence-electron chi connectivity index (χ4n) is 3.25. The van der Waals surface area contributed by atoms with Gasteiger partial charge in [0, 0.05) is 11.4 Å². The van der Waals surface area contributed by atoms with E-state index in [4.69, 9.17) is 4.74 Å². The van der Waals surface area contributed by atoms with Crippen molar-refractivity contribution in [3.63, 3.8) is 0 Å². The van der Waals surface area contributed by atoms with Gasteiger partial charge in [-0.15, -0.1) is 10.2 Å². The number of carbonyl (C=O) groups is 2. The molecule has 0 atom stereocenters. The zero-order valence-electron chi connectivity index (χ0n) is 18.8. The molecule has 10 heteroatoms. The molecule has 1 heterocycles. The third-order valence-electron chi connectivity index (χ3n) is 4.95. The monoisotopic (exact) mass is 491 g/mol. The number of ether oxygens (including phenoxy) is 1. The number of thioether (sulfide) groups is 1. The molecule has 178 valence electrons. The summed E-state index contributed by atoms with van der Waals surface area (Å²) in [6.45, 7) is 0.0215. The SMILES string of the molecule is COc1ccc(NC(=O)CSc2nnc(CNC(=O)c3ccccc3F)n2-c2ccccc2)cc1. The number of para-hydroxylation sites is 1. The van der Waals surface area contributed by atoms with Crippen LogP contribution >= 0.6 is 11.8 Å². The molecule has 8 nitrogen and oxygen atoms in total. The second-order valence-electron chi connectivity index (χ2n) is 7.30. The molecule has 1 aromatic heterocycles. The van der Waals surface area contributed by atoms with E-state index in [1.165, 1.54) is 30.0 Å². The van der Waals surface area contributed by atoms with E-state index in [0.717, 1.165) is 5.69 Å². The maximum atomic E-state index is 13.9. The number of benzene rings is 3. The molecule has 3 aromatic carbocycles. The molecule has 0 aliphatic rings. The maximum absolute atomic E-state index is 13.9. The predicted molar refractivity (Wildman–Crippen MR) is 131 cm³/mol. The fourth-order valence-corrected chi connectivity index (χ4v) is 4.02. The van der Waals surface area contributed by atoms with Crippen molar-refractivity contribution in [2.45, 2.75) is 11.7 Å². The number of anilines is 1. The molecule has 2 N–H and O–H groups in total. The van der Waals surface area contributed by atoms with Gasteiger partial charge in [-0.05, 0) is 48.5 Å². The summed E-state index contributed by atoms with van der Waals surface area (Å²) in [5, 5.41) is 14.4. The minimum atomic E-state index is -0.603. The van der Waals surface area contributed by atoms with E-state index < -0.39 is 11.7 Å². The van der Waals surface area contributed by atoms with Crippen LogP contribution in [0.1, 0.15) is 16.2 Å². The first kappa shape index (κ1) is 24.0. The third kappa shape index (κ3) is 6.04. The van der Waals surface area contributed by atoms with Gasteiger partial charge in [-0.2, -0.15) is 0 Å². The Morgan fingerprint density at radius 1 is 0.971 bits per heavy atom. The highest BCUT2D eigenvalue weighted by Crippen LogP contribution is 2.23. The molecule has 0 aliphatic heterocycles. The number of aromatic nitrogens is 3. The van der Waals surface area contributed by atoms with E-state index in [1.807, 2.05) is 30.3 Å². The summed E-state index contributed by atoms with van der Waals surface area (Å²) in [5.41, 5.74) is 1.37. The van der Waals surface area contributed by atoms with Crippen LogP contribution in [0.3, 0.4) is 0 Å². The number of hydrogen-bond acceptors (Lipinski definition) is 6. The highest BCUT2D eigenvalue weighted by atomic mass is 32.2.